The van der Waals surface area contributed by atoms with E-state index >= 15 is 0 Å². The number of hydrogen-bond donors (Lipinski definition) is 0. The van der Waals surface area contributed by atoms with E-state index in [0.717, 1.165) is 5.22 Å². The molecule has 1 aliphatic heterocycles. The lowest BCUT2D eigenvalue weighted by Crippen LogP contribution is -2.42. The third-order valence-electron chi connectivity index (χ3n) is 3.87. The van der Waals surface area contributed by atoms with Crippen LogP contribution in [0.25, 0.3) is 11.3 Å². The van der Waals surface area contributed by atoms with E-state index in [9.17, 15) is 14.9 Å². The maximum atomic E-state index is 12.2. The van der Waals surface area contributed by atoms with Crippen molar-refractivity contribution in [2.75, 3.05) is 6.61 Å². The fraction of sp³-hybridized carbons (Fsp3) is 0.235. The van der Waals surface area contributed by atoms with Crippen LogP contribution in [0.2, 0.25) is 0 Å². The van der Waals surface area contributed by atoms with Crippen LogP contribution in [0.15, 0.2) is 47.7 Å². The van der Waals surface area contributed by atoms with Gasteiger partial charge in [0.2, 0.25) is 5.76 Å². The first-order chi connectivity index (χ1) is 11.0. The highest BCUT2D eigenvalue weighted by Crippen LogP contribution is 2.30. The van der Waals surface area contributed by atoms with Gasteiger partial charge in [-0.05, 0) is 25.1 Å². The number of nitrogens with zero attached hydrogens (tertiary/aromatic N) is 1. The van der Waals surface area contributed by atoms with Gasteiger partial charge in [0.1, 0.15) is 6.10 Å². The number of ether oxygens (including phenoxy) is 2. The Kier molecular flexibility index (Phi) is 3.73. The number of rotatable bonds is 3. The van der Waals surface area contributed by atoms with E-state index in [0.29, 0.717) is 16.4 Å². The minimum atomic E-state index is -0.534. The lowest BCUT2D eigenvalue weighted by atomic mass is 9.90. The monoisotopic (exact) mass is 313 g/mol. The van der Waals surface area contributed by atoms with Crippen molar-refractivity contribution in [2.45, 2.75) is 20.0 Å². The summed E-state index contributed by atoms with van der Waals surface area (Å²) < 4.78 is 10.8. The Hall–Kier alpha value is -2.89. The lowest BCUT2D eigenvalue weighted by molar-refractivity contribution is -0.420. The highest BCUT2D eigenvalue weighted by molar-refractivity contribution is 6.07. The molecule has 2 aliphatic rings. The van der Waals surface area contributed by atoms with E-state index in [1.54, 1.807) is 32.1 Å². The van der Waals surface area contributed by atoms with Crippen LogP contribution in [0, 0.1) is 10.1 Å². The largest absolute Gasteiger partial charge is 0.474 e. The predicted octanol–water partition coefficient (Wildman–Crippen LogP) is 1.03. The summed E-state index contributed by atoms with van der Waals surface area (Å²) in [7, 11) is 0. The molecule has 3 rings (SSSR count). The summed E-state index contributed by atoms with van der Waals surface area (Å²) >= 11 is 0. The van der Waals surface area contributed by atoms with Crippen molar-refractivity contribution in [3.8, 4) is 0 Å². The van der Waals surface area contributed by atoms with Crippen LogP contribution >= 0.6 is 0 Å². The Morgan fingerprint density at radius 2 is 2.04 bits per heavy atom. The number of carbonyl (C=O) groups excluding carboxylic acids is 1. The zero-order valence-electron chi connectivity index (χ0n) is 12.7. The number of benzene rings is 1. The van der Waals surface area contributed by atoms with Gasteiger partial charge in [0, 0.05) is 22.4 Å². The second kappa shape index (κ2) is 5.72. The molecule has 0 saturated heterocycles. The molecule has 0 radical (unpaired) electrons. The van der Waals surface area contributed by atoms with Gasteiger partial charge in [-0.25, -0.2) is 4.79 Å². The molecule has 0 spiro atoms. The molecule has 1 aromatic carbocycles. The number of hydrogen-bond acceptors (Lipinski definition) is 5. The maximum absolute atomic E-state index is 12.2. The number of fused-ring (bicyclic) bond motifs is 2. The van der Waals surface area contributed by atoms with Crippen molar-refractivity contribution in [2.24, 2.45) is 0 Å². The van der Waals surface area contributed by atoms with Gasteiger partial charge >= 0.3 is 5.97 Å². The normalized spacial score (nSPS) is 19.0. The Labute approximate surface area is 132 Å². The van der Waals surface area contributed by atoms with Crippen LogP contribution in [-0.2, 0) is 14.3 Å². The zero-order valence-corrected chi connectivity index (χ0v) is 12.7. The van der Waals surface area contributed by atoms with Crippen LogP contribution in [0.5, 0.6) is 0 Å². The van der Waals surface area contributed by atoms with Gasteiger partial charge < -0.3 is 9.47 Å². The average molecular weight is 313 g/mol. The van der Waals surface area contributed by atoms with Crippen LogP contribution in [-0.4, -0.2) is 23.6 Å². The van der Waals surface area contributed by atoms with Gasteiger partial charge in [0.05, 0.1) is 11.5 Å². The lowest BCUT2D eigenvalue weighted by Gasteiger charge is -2.26. The van der Waals surface area contributed by atoms with Gasteiger partial charge in [0.25, 0.3) is 5.70 Å². The number of esters is 1. The Morgan fingerprint density at radius 3 is 2.70 bits per heavy atom. The standard InChI is InChI=1S/C17H15NO5/c1-3-22-17(19)16-12-7-5-4-6-11(12)15-10(2)13(18(20)21)8-9-14(15)23-16/h4-9,14H,3H2,1-2H3. The highest BCUT2D eigenvalue weighted by atomic mass is 16.6. The second-order valence-electron chi connectivity index (χ2n) is 5.17. The van der Waals surface area contributed by atoms with Crippen molar-refractivity contribution in [3.63, 3.8) is 0 Å². The van der Waals surface area contributed by atoms with Gasteiger partial charge in [-0.15, -0.1) is 0 Å². The third-order valence-corrected chi connectivity index (χ3v) is 3.87. The number of carbonyl (C=O) groups is 1. The predicted molar refractivity (Wildman–Crippen MR) is 82.8 cm³/mol. The molecule has 0 N–H and O–H groups in total. The first kappa shape index (κ1) is 15.0. The molecule has 1 unspecified atom stereocenters. The van der Waals surface area contributed by atoms with E-state index in [-0.39, 0.29) is 18.1 Å². The van der Waals surface area contributed by atoms with Crippen molar-refractivity contribution in [1.29, 1.82) is 0 Å². The molecular formula is C17H15NO5. The van der Waals surface area contributed by atoms with Crippen molar-refractivity contribution in [3.05, 3.63) is 68.2 Å². The Bertz CT molecular complexity index is 878. The summed E-state index contributed by atoms with van der Waals surface area (Å²) in [5, 5.41) is 12.5. The van der Waals surface area contributed by atoms with Gasteiger partial charge in [-0.1, -0.05) is 24.3 Å². The van der Waals surface area contributed by atoms with E-state index in [2.05, 4.69) is 0 Å². The summed E-state index contributed by atoms with van der Waals surface area (Å²) in [5.74, 6) is -0.396. The van der Waals surface area contributed by atoms with E-state index in [1.165, 1.54) is 6.08 Å². The quantitative estimate of drug-likeness (QED) is 0.473. The molecule has 1 heterocycles. The smallest absolute Gasteiger partial charge is 0.374 e. The zero-order chi connectivity index (χ0) is 16.6. The number of allylic oxidation sites excluding steroid dienone is 1. The molecule has 1 aromatic rings. The minimum absolute atomic E-state index is 0.0363. The maximum Gasteiger partial charge on any atom is 0.374 e. The number of nitro groups is 1. The Balaban J connectivity index is 2.34. The summed E-state index contributed by atoms with van der Waals surface area (Å²) in [6, 6.07) is 7.20. The van der Waals surface area contributed by atoms with Crippen LogP contribution in [0.3, 0.4) is 0 Å². The fourth-order valence-corrected chi connectivity index (χ4v) is 2.86. The molecule has 23 heavy (non-hydrogen) atoms. The van der Waals surface area contributed by atoms with Crippen LogP contribution in [0.1, 0.15) is 13.8 Å². The topological polar surface area (TPSA) is 78.7 Å². The minimum Gasteiger partial charge on any atom is -0.474 e. The summed E-state index contributed by atoms with van der Waals surface area (Å²) in [4.78, 5) is 22.9. The molecule has 6 nitrogen and oxygen atoms in total. The molecule has 1 atom stereocenters. The van der Waals surface area contributed by atoms with Crippen molar-refractivity contribution in [1.82, 2.24) is 0 Å². The van der Waals surface area contributed by atoms with E-state index in [1.807, 2.05) is 12.1 Å². The molecule has 1 aliphatic carbocycles. The summed E-state index contributed by atoms with van der Waals surface area (Å²) in [6.45, 7) is 3.66. The average Bonchev–Trinajstić information content (AvgIpc) is 2.54. The molecule has 6 heteroatoms. The first-order valence-corrected chi connectivity index (χ1v) is 7.25. The van der Waals surface area contributed by atoms with Crippen LogP contribution < -0.4 is 10.4 Å². The molecule has 0 saturated carbocycles. The fourth-order valence-electron chi connectivity index (χ4n) is 2.86. The Morgan fingerprint density at radius 1 is 1.35 bits per heavy atom. The van der Waals surface area contributed by atoms with Crippen molar-refractivity contribution < 1.29 is 19.2 Å². The van der Waals surface area contributed by atoms with Gasteiger partial charge in [0.15, 0.2) is 0 Å². The molecular weight excluding hydrogens is 298 g/mol. The van der Waals surface area contributed by atoms with Gasteiger partial charge in [-0.3, -0.25) is 10.1 Å². The molecule has 0 aromatic heterocycles. The van der Waals surface area contributed by atoms with E-state index in [4.69, 9.17) is 9.47 Å². The molecule has 0 bridgehead atoms. The first-order valence-electron chi connectivity index (χ1n) is 7.25. The SMILES string of the molecule is CCOC(=O)C1=c2ccccc2=C2C(C)=C([N+](=O)[O-])C=CC2O1. The summed E-state index contributed by atoms with van der Waals surface area (Å²) in [6.07, 6.45) is 2.48. The highest BCUT2D eigenvalue weighted by Gasteiger charge is 2.32. The summed E-state index contributed by atoms with van der Waals surface area (Å²) in [5.41, 5.74) is 1.29. The molecule has 118 valence electrons. The molecule has 0 fully saturated rings. The van der Waals surface area contributed by atoms with Crippen molar-refractivity contribution >= 4 is 17.3 Å². The van der Waals surface area contributed by atoms with E-state index < -0.39 is 17.0 Å². The third kappa shape index (κ3) is 2.42. The van der Waals surface area contributed by atoms with Gasteiger partial charge in [-0.2, -0.15) is 0 Å². The van der Waals surface area contributed by atoms with Crippen LogP contribution in [0.4, 0.5) is 0 Å². The second-order valence-corrected chi connectivity index (χ2v) is 5.17. The molecule has 0 amide bonds.